The van der Waals surface area contributed by atoms with Crippen molar-refractivity contribution in [2.45, 2.75) is 25.9 Å². The Kier molecular flexibility index (Phi) is 3.83. The summed E-state index contributed by atoms with van der Waals surface area (Å²) in [6.07, 6.45) is 7.58. The number of aromatic nitrogens is 3. The fraction of sp³-hybridized carbons (Fsp3) is 0.211. The molecule has 24 heavy (non-hydrogen) atoms. The van der Waals surface area contributed by atoms with Crippen LogP contribution in [-0.2, 0) is 19.5 Å². The average molecular weight is 318 g/mol. The van der Waals surface area contributed by atoms with Crippen molar-refractivity contribution in [3.63, 3.8) is 0 Å². The van der Waals surface area contributed by atoms with Crippen molar-refractivity contribution in [1.29, 1.82) is 0 Å². The molecular weight excluding hydrogens is 300 g/mol. The Morgan fingerprint density at radius 2 is 2.21 bits per heavy atom. The molecule has 0 bridgehead atoms. The van der Waals surface area contributed by atoms with Gasteiger partial charge in [0, 0.05) is 43.7 Å². The number of carbonyl (C=O) groups excluding carboxylic acids is 1. The lowest BCUT2D eigenvalue weighted by molar-refractivity contribution is 0.0950. The van der Waals surface area contributed by atoms with Crippen molar-refractivity contribution in [3.05, 3.63) is 71.9 Å². The third-order valence-electron chi connectivity index (χ3n) is 4.26. The standard InChI is InChI=1S/C19H18N4O/c24-19(16-6-2-8-20-12-16)21-11-14-4-1-5-15(10-14)17-13-23-9-3-7-18(23)22-17/h1-2,4-6,8,10,12-13H,3,7,9,11H2,(H,21,24). The summed E-state index contributed by atoms with van der Waals surface area (Å²) in [6, 6.07) is 11.7. The van der Waals surface area contributed by atoms with E-state index in [9.17, 15) is 4.79 Å². The van der Waals surface area contributed by atoms with Crippen LogP contribution in [-0.4, -0.2) is 20.4 Å². The first kappa shape index (κ1) is 14.6. The van der Waals surface area contributed by atoms with Crippen LogP contribution in [0.2, 0.25) is 0 Å². The Hall–Kier alpha value is -2.95. The smallest absolute Gasteiger partial charge is 0.253 e. The Bertz CT molecular complexity index is 849. The molecule has 4 rings (SSSR count). The lowest BCUT2D eigenvalue weighted by atomic mass is 10.1. The second kappa shape index (κ2) is 6.28. The molecule has 1 aromatic carbocycles. The zero-order valence-electron chi connectivity index (χ0n) is 13.3. The molecule has 0 fully saturated rings. The molecule has 0 unspecified atom stereocenters. The van der Waals surface area contributed by atoms with Crippen LogP contribution in [0.4, 0.5) is 0 Å². The minimum Gasteiger partial charge on any atom is -0.348 e. The van der Waals surface area contributed by atoms with Gasteiger partial charge in [0.05, 0.1) is 11.3 Å². The summed E-state index contributed by atoms with van der Waals surface area (Å²) in [5, 5.41) is 2.93. The monoisotopic (exact) mass is 318 g/mol. The summed E-state index contributed by atoms with van der Waals surface area (Å²) in [5.41, 5.74) is 3.72. The van der Waals surface area contributed by atoms with Crippen molar-refractivity contribution in [1.82, 2.24) is 19.9 Å². The highest BCUT2D eigenvalue weighted by Gasteiger charge is 2.14. The number of imidazole rings is 1. The second-order valence-corrected chi connectivity index (χ2v) is 5.96. The minimum absolute atomic E-state index is 0.116. The molecule has 1 aliphatic rings. The molecule has 0 atom stereocenters. The fourth-order valence-corrected chi connectivity index (χ4v) is 3.02. The van der Waals surface area contributed by atoms with Crippen molar-refractivity contribution < 1.29 is 4.79 Å². The van der Waals surface area contributed by atoms with E-state index in [1.54, 1.807) is 24.5 Å². The number of aryl methyl sites for hydroxylation is 2. The van der Waals surface area contributed by atoms with Gasteiger partial charge in [-0.15, -0.1) is 0 Å². The van der Waals surface area contributed by atoms with Crippen LogP contribution < -0.4 is 5.32 Å². The first-order valence-corrected chi connectivity index (χ1v) is 8.13. The summed E-state index contributed by atoms with van der Waals surface area (Å²) < 4.78 is 2.23. The van der Waals surface area contributed by atoms with Gasteiger partial charge in [-0.2, -0.15) is 0 Å². The first-order chi connectivity index (χ1) is 11.8. The highest BCUT2D eigenvalue weighted by Crippen LogP contribution is 2.23. The van der Waals surface area contributed by atoms with Gasteiger partial charge in [-0.25, -0.2) is 4.98 Å². The molecule has 1 aliphatic heterocycles. The molecule has 0 saturated carbocycles. The van der Waals surface area contributed by atoms with Gasteiger partial charge in [0.15, 0.2) is 0 Å². The molecule has 3 heterocycles. The van der Waals surface area contributed by atoms with Crippen molar-refractivity contribution in [2.75, 3.05) is 0 Å². The van der Waals surface area contributed by atoms with E-state index < -0.39 is 0 Å². The van der Waals surface area contributed by atoms with Crippen LogP contribution in [0.15, 0.2) is 55.0 Å². The third-order valence-corrected chi connectivity index (χ3v) is 4.26. The maximum absolute atomic E-state index is 12.1. The normalized spacial score (nSPS) is 12.8. The summed E-state index contributed by atoms with van der Waals surface area (Å²) in [4.78, 5) is 20.8. The van der Waals surface area contributed by atoms with Gasteiger partial charge in [0.2, 0.25) is 0 Å². The van der Waals surface area contributed by atoms with E-state index in [-0.39, 0.29) is 5.91 Å². The Morgan fingerprint density at radius 3 is 3.04 bits per heavy atom. The molecular formula is C19H18N4O. The van der Waals surface area contributed by atoms with Gasteiger partial charge >= 0.3 is 0 Å². The Labute approximate surface area is 140 Å². The van der Waals surface area contributed by atoms with Crippen LogP contribution in [0, 0.1) is 0 Å². The summed E-state index contributed by atoms with van der Waals surface area (Å²) in [6.45, 7) is 1.54. The number of amides is 1. The molecule has 0 saturated heterocycles. The number of benzene rings is 1. The maximum Gasteiger partial charge on any atom is 0.253 e. The van der Waals surface area contributed by atoms with Gasteiger partial charge in [-0.3, -0.25) is 9.78 Å². The molecule has 0 aliphatic carbocycles. The van der Waals surface area contributed by atoms with Gasteiger partial charge in [0.25, 0.3) is 5.91 Å². The minimum atomic E-state index is -0.116. The van der Waals surface area contributed by atoms with Gasteiger partial charge in [-0.05, 0) is 30.2 Å². The van der Waals surface area contributed by atoms with Crippen LogP contribution in [0.3, 0.4) is 0 Å². The lowest BCUT2D eigenvalue weighted by Crippen LogP contribution is -2.22. The Balaban J connectivity index is 1.47. The quantitative estimate of drug-likeness (QED) is 0.804. The van der Waals surface area contributed by atoms with Crippen LogP contribution in [0.1, 0.15) is 28.2 Å². The molecule has 1 amide bonds. The predicted molar refractivity (Wildman–Crippen MR) is 91.4 cm³/mol. The molecule has 5 nitrogen and oxygen atoms in total. The van der Waals surface area contributed by atoms with Crippen LogP contribution >= 0.6 is 0 Å². The molecule has 1 N–H and O–H groups in total. The van der Waals surface area contributed by atoms with E-state index in [1.807, 2.05) is 12.1 Å². The fourth-order valence-electron chi connectivity index (χ4n) is 3.02. The topological polar surface area (TPSA) is 59.8 Å². The number of carbonyl (C=O) groups is 1. The van der Waals surface area contributed by atoms with E-state index >= 15 is 0 Å². The van der Waals surface area contributed by atoms with Crippen LogP contribution in [0.5, 0.6) is 0 Å². The van der Waals surface area contributed by atoms with E-state index in [1.165, 1.54) is 12.2 Å². The number of fused-ring (bicyclic) bond motifs is 1. The highest BCUT2D eigenvalue weighted by molar-refractivity contribution is 5.93. The SMILES string of the molecule is O=C(NCc1cccc(-c2cn3c(n2)CCC3)c1)c1cccnc1. The first-order valence-electron chi connectivity index (χ1n) is 8.13. The number of nitrogens with zero attached hydrogens (tertiary/aromatic N) is 3. The van der Waals surface area contributed by atoms with E-state index in [4.69, 9.17) is 4.98 Å². The van der Waals surface area contributed by atoms with Gasteiger partial charge in [-0.1, -0.05) is 18.2 Å². The van der Waals surface area contributed by atoms with Crippen molar-refractivity contribution in [2.24, 2.45) is 0 Å². The van der Waals surface area contributed by atoms with Crippen molar-refractivity contribution in [3.8, 4) is 11.3 Å². The molecule has 3 aromatic rings. The van der Waals surface area contributed by atoms with Gasteiger partial charge in [0.1, 0.15) is 5.82 Å². The predicted octanol–water partition coefficient (Wildman–Crippen LogP) is 2.82. The lowest BCUT2D eigenvalue weighted by Gasteiger charge is -2.06. The molecule has 120 valence electrons. The van der Waals surface area contributed by atoms with E-state index in [0.29, 0.717) is 12.1 Å². The molecule has 2 aromatic heterocycles. The maximum atomic E-state index is 12.1. The summed E-state index contributed by atoms with van der Waals surface area (Å²) >= 11 is 0. The number of pyridine rings is 1. The largest absolute Gasteiger partial charge is 0.348 e. The summed E-state index contributed by atoms with van der Waals surface area (Å²) in [7, 11) is 0. The molecule has 5 heteroatoms. The number of nitrogens with one attached hydrogen (secondary N) is 1. The molecule has 0 spiro atoms. The average Bonchev–Trinajstić information content (AvgIpc) is 3.23. The third kappa shape index (κ3) is 2.93. The number of hydrogen-bond donors (Lipinski definition) is 1. The zero-order chi connectivity index (χ0) is 16.4. The van der Waals surface area contributed by atoms with Crippen LogP contribution in [0.25, 0.3) is 11.3 Å². The Morgan fingerprint density at radius 1 is 1.25 bits per heavy atom. The number of rotatable bonds is 4. The molecule has 0 radical (unpaired) electrons. The van der Waals surface area contributed by atoms with E-state index in [0.717, 1.165) is 29.8 Å². The van der Waals surface area contributed by atoms with Gasteiger partial charge < -0.3 is 9.88 Å². The number of hydrogen-bond acceptors (Lipinski definition) is 3. The summed E-state index contributed by atoms with van der Waals surface area (Å²) in [5.74, 6) is 1.05. The van der Waals surface area contributed by atoms with Crippen molar-refractivity contribution >= 4 is 5.91 Å². The highest BCUT2D eigenvalue weighted by atomic mass is 16.1. The second-order valence-electron chi connectivity index (χ2n) is 5.96. The zero-order valence-corrected chi connectivity index (χ0v) is 13.3. The van der Waals surface area contributed by atoms with E-state index in [2.05, 4.69) is 33.2 Å².